The molecule has 1 aromatic carbocycles. The second-order valence-electron chi connectivity index (χ2n) is 5.59. The maximum Gasteiger partial charge on any atom is 0.196 e. The van der Waals surface area contributed by atoms with E-state index in [1.165, 1.54) is 19.3 Å². The molecule has 3 nitrogen and oxygen atoms in total. The molecule has 1 heterocycles. The first-order valence-electron chi connectivity index (χ1n) is 8.02. The van der Waals surface area contributed by atoms with Gasteiger partial charge in [-0.3, -0.25) is 4.79 Å². The van der Waals surface area contributed by atoms with Gasteiger partial charge in [-0.1, -0.05) is 49.9 Å². The van der Waals surface area contributed by atoms with Crippen molar-refractivity contribution in [3.05, 3.63) is 59.3 Å². The van der Waals surface area contributed by atoms with E-state index >= 15 is 0 Å². The van der Waals surface area contributed by atoms with E-state index < -0.39 is 0 Å². The summed E-state index contributed by atoms with van der Waals surface area (Å²) >= 11 is 0. The minimum atomic E-state index is 0.0212. The van der Waals surface area contributed by atoms with Gasteiger partial charge in [-0.15, -0.1) is 0 Å². The van der Waals surface area contributed by atoms with Gasteiger partial charge in [0.1, 0.15) is 5.82 Å². The van der Waals surface area contributed by atoms with Gasteiger partial charge in [-0.25, -0.2) is 4.98 Å². The first-order valence-corrected chi connectivity index (χ1v) is 8.02. The molecular formula is C19H24N2O. The lowest BCUT2D eigenvalue weighted by Crippen LogP contribution is -2.10. The summed E-state index contributed by atoms with van der Waals surface area (Å²) in [6, 6.07) is 11.3. The minimum Gasteiger partial charge on any atom is -0.369 e. The fraction of sp³-hybridized carbons (Fsp3) is 0.368. The number of rotatable bonds is 8. The molecule has 0 aliphatic rings. The van der Waals surface area contributed by atoms with E-state index in [1.807, 2.05) is 43.3 Å². The molecule has 0 saturated carbocycles. The average Bonchev–Trinajstić information content (AvgIpc) is 2.54. The predicted molar refractivity (Wildman–Crippen MR) is 91.5 cm³/mol. The van der Waals surface area contributed by atoms with Crippen LogP contribution in [0.25, 0.3) is 0 Å². The number of unbranched alkanes of at least 4 members (excludes halogenated alkanes) is 3. The van der Waals surface area contributed by atoms with Crippen molar-refractivity contribution in [3.8, 4) is 0 Å². The molecule has 0 aliphatic heterocycles. The topological polar surface area (TPSA) is 42.0 Å². The SMILES string of the molecule is CCCCCCNc1ncccc1C(=O)c1cccc(C)c1. The number of aromatic nitrogens is 1. The number of nitrogens with zero attached hydrogens (tertiary/aromatic N) is 1. The third-order valence-corrected chi connectivity index (χ3v) is 3.66. The zero-order chi connectivity index (χ0) is 15.8. The lowest BCUT2D eigenvalue weighted by atomic mass is 10.0. The number of anilines is 1. The van der Waals surface area contributed by atoms with Gasteiger partial charge < -0.3 is 5.32 Å². The number of hydrogen-bond donors (Lipinski definition) is 1. The van der Waals surface area contributed by atoms with Crippen molar-refractivity contribution in [1.82, 2.24) is 4.98 Å². The van der Waals surface area contributed by atoms with Crippen molar-refractivity contribution in [2.45, 2.75) is 39.5 Å². The fourth-order valence-electron chi connectivity index (χ4n) is 2.43. The Labute approximate surface area is 132 Å². The highest BCUT2D eigenvalue weighted by Gasteiger charge is 2.14. The molecule has 0 fully saturated rings. The van der Waals surface area contributed by atoms with Gasteiger partial charge in [0.15, 0.2) is 5.78 Å². The van der Waals surface area contributed by atoms with Crippen molar-refractivity contribution in [2.75, 3.05) is 11.9 Å². The second kappa shape index (κ2) is 8.32. The Morgan fingerprint density at radius 3 is 2.77 bits per heavy atom. The van der Waals surface area contributed by atoms with Crippen LogP contribution in [0.3, 0.4) is 0 Å². The van der Waals surface area contributed by atoms with E-state index in [1.54, 1.807) is 6.20 Å². The van der Waals surface area contributed by atoms with Crippen LogP contribution in [0.1, 0.15) is 54.1 Å². The number of carbonyl (C=O) groups excluding carboxylic acids is 1. The summed E-state index contributed by atoms with van der Waals surface area (Å²) in [4.78, 5) is 17.0. The van der Waals surface area contributed by atoms with Crippen LogP contribution in [0, 0.1) is 6.92 Å². The number of hydrogen-bond acceptors (Lipinski definition) is 3. The van der Waals surface area contributed by atoms with E-state index in [0.717, 1.165) is 18.5 Å². The molecule has 0 unspecified atom stereocenters. The van der Waals surface area contributed by atoms with E-state index in [9.17, 15) is 4.79 Å². The normalized spacial score (nSPS) is 10.5. The van der Waals surface area contributed by atoms with Crippen molar-refractivity contribution >= 4 is 11.6 Å². The van der Waals surface area contributed by atoms with Gasteiger partial charge in [-0.2, -0.15) is 0 Å². The summed E-state index contributed by atoms with van der Waals surface area (Å²) in [5.41, 5.74) is 2.44. The second-order valence-corrected chi connectivity index (χ2v) is 5.59. The Kier molecular flexibility index (Phi) is 6.13. The molecule has 0 saturated heterocycles. The number of carbonyl (C=O) groups is 1. The van der Waals surface area contributed by atoms with Crippen LogP contribution in [0.15, 0.2) is 42.6 Å². The van der Waals surface area contributed by atoms with Crippen LogP contribution in [0.5, 0.6) is 0 Å². The standard InChI is InChI=1S/C19H24N2O/c1-3-4-5-6-12-20-19-17(11-8-13-21-19)18(22)16-10-7-9-15(2)14-16/h7-11,13-14H,3-6,12H2,1-2H3,(H,20,21). The first kappa shape index (κ1) is 16.2. The van der Waals surface area contributed by atoms with Gasteiger partial charge in [0.05, 0.1) is 5.56 Å². The van der Waals surface area contributed by atoms with Gasteiger partial charge in [0.25, 0.3) is 0 Å². The highest BCUT2D eigenvalue weighted by Crippen LogP contribution is 2.18. The summed E-state index contributed by atoms with van der Waals surface area (Å²) in [6.07, 6.45) is 6.50. The van der Waals surface area contributed by atoms with E-state index in [0.29, 0.717) is 16.9 Å². The van der Waals surface area contributed by atoms with Gasteiger partial charge in [0, 0.05) is 18.3 Å². The van der Waals surface area contributed by atoms with Crippen LogP contribution in [0.4, 0.5) is 5.82 Å². The first-order chi connectivity index (χ1) is 10.7. The Balaban J connectivity index is 2.09. The Hall–Kier alpha value is -2.16. The molecule has 2 rings (SSSR count). The number of ketones is 1. The third kappa shape index (κ3) is 4.42. The molecule has 0 amide bonds. The lowest BCUT2D eigenvalue weighted by molar-refractivity contribution is 0.103. The van der Waals surface area contributed by atoms with Crippen molar-refractivity contribution in [1.29, 1.82) is 0 Å². The van der Waals surface area contributed by atoms with Crippen LogP contribution in [0.2, 0.25) is 0 Å². The summed E-state index contributed by atoms with van der Waals surface area (Å²) in [6.45, 7) is 5.04. The zero-order valence-electron chi connectivity index (χ0n) is 13.4. The highest BCUT2D eigenvalue weighted by molar-refractivity contribution is 6.11. The number of benzene rings is 1. The molecule has 22 heavy (non-hydrogen) atoms. The summed E-state index contributed by atoms with van der Waals surface area (Å²) in [7, 11) is 0. The molecule has 0 radical (unpaired) electrons. The van der Waals surface area contributed by atoms with Crippen LogP contribution in [-0.2, 0) is 0 Å². The molecular weight excluding hydrogens is 272 g/mol. The van der Waals surface area contributed by atoms with E-state index in [2.05, 4.69) is 17.2 Å². The highest BCUT2D eigenvalue weighted by atomic mass is 16.1. The molecule has 0 spiro atoms. The summed E-state index contributed by atoms with van der Waals surface area (Å²) in [5, 5.41) is 3.31. The van der Waals surface area contributed by atoms with Crippen molar-refractivity contribution < 1.29 is 4.79 Å². The van der Waals surface area contributed by atoms with Crippen LogP contribution in [-0.4, -0.2) is 17.3 Å². The zero-order valence-corrected chi connectivity index (χ0v) is 13.4. The lowest BCUT2D eigenvalue weighted by Gasteiger charge is -2.10. The molecule has 3 heteroatoms. The Morgan fingerprint density at radius 1 is 1.14 bits per heavy atom. The Bertz CT molecular complexity index is 622. The maximum absolute atomic E-state index is 12.7. The van der Waals surface area contributed by atoms with Crippen LogP contribution < -0.4 is 5.32 Å². The monoisotopic (exact) mass is 296 g/mol. The maximum atomic E-state index is 12.7. The quantitative estimate of drug-likeness (QED) is 0.571. The molecule has 0 atom stereocenters. The number of pyridine rings is 1. The molecule has 1 aromatic heterocycles. The van der Waals surface area contributed by atoms with E-state index in [-0.39, 0.29) is 5.78 Å². The molecule has 116 valence electrons. The van der Waals surface area contributed by atoms with Crippen molar-refractivity contribution in [3.63, 3.8) is 0 Å². The van der Waals surface area contributed by atoms with Crippen LogP contribution >= 0.6 is 0 Å². The van der Waals surface area contributed by atoms with Gasteiger partial charge >= 0.3 is 0 Å². The van der Waals surface area contributed by atoms with E-state index in [4.69, 9.17) is 0 Å². The van der Waals surface area contributed by atoms with Gasteiger partial charge in [-0.05, 0) is 31.5 Å². The molecule has 2 aromatic rings. The Morgan fingerprint density at radius 2 is 2.00 bits per heavy atom. The average molecular weight is 296 g/mol. The molecule has 1 N–H and O–H groups in total. The molecule has 0 bridgehead atoms. The summed E-state index contributed by atoms with van der Waals surface area (Å²) < 4.78 is 0. The van der Waals surface area contributed by atoms with Crippen molar-refractivity contribution in [2.24, 2.45) is 0 Å². The minimum absolute atomic E-state index is 0.0212. The third-order valence-electron chi connectivity index (χ3n) is 3.66. The smallest absolute Gasteiger partial charge is 0.196 e. The number of aryl methyl sites for hydroxylation is 1. The fourth-order valence-corrected chi connectivity index (χ4v) is 2.43. The summed E-state index contributed by atoms with van der Waals surface area (Å²) in [5.74, 6) is 0.707. The largest absolute Gasteiger partial charge is 0.369 e. The predicted octanol–water partition coefficient (Wildman–Crippen LogP) is 4.61. The number of nitrogens with one attached hydrogen (secondary N) is 1. The van der Waals surface area contributed by atoms with Gasteiger partial charge in [0.2, 0.25) is 0 Å². The molecule has 0 aliphatic carbocycles.